The number of hydrogen-bond acceptors (Lipinski definition) is 2. The molecule has 2 nitrogen and oxygen atoms in total. The molecule has 0 aliphatic carbocycles. The second-order valence-corrected chi connectivity index (χ2v) is 4.93. The number of rotatable bonds is 1. The molecule has 0 N–H and O–H groups in total. The largest absolute Gasteiger partial charge is 0.361 e. The molecule has 1 rings (SSSR count). The van der Waals surface area contributed by atoms with E-state index in [9.17, 15) is 0 Å². The van der Waals surface area contributed by atoms with Crippen LogP contribution in [0.4, 0.5) is 0 Å². The molecule has 0 spiro atoms. The van der Waals surface area contributed by atoms with Crippen molar-refractivity contribution in [2.75, 3.05) is 0 Å². The van der Waals surface area contributed by atoms with Gasteiger partial charge in [0.25, 0.3) is 0 Å². The zero-order chi connectivity index (χ0) is 10.2. The minimum atomic E-state index is 0.0841. The lowest BCUT2D eigenvalue weighted by molar-refractivity contribution is 0.354. The van der Waals surface area contributed by atoms with E-state index in [0.717, 1.165) is 11.5 Å². The Bertz CT molecular complexity index is 292. The zero-order valence-electron chi connectivity index (χ0n) is 9.43. The SMILES string of the molecule is Cc1c(C(C)(C)C)noc1C(C)C. The minimum absolute atomic E-state index is 0.0841. The topological polar surface area (TPSA) is 26.0 Å². The van der Waals surface area contributed by atoms with E-state index in [1.807, 2.05) is 0 Å². The Balaban J connectivity index is 3.14. The molecule has 1 heterocycles. The van der Waals surface area contributed by atoms with Crippen LogP contribution in [0, 0.1) is 6.92 Å². The van der Waals surface area contributed by atoms with Crippen LogP contribution in [0.3, 0.4) is 0 Å². The molecule has 0 unspecified atom stereocenters. The third kappa shape index (κ3) is 1.93. The fourth-order valence-corrected chi connectivity index (χ4v) is 1.59. The summed E-state index contributed by atoms with van der Waals surface area (Å²) in [6.07, 6.45) is 0. The molecule has 0 aromatic carbocycles. The van der Waals surface area contributed by atoms with Crippen LogP contribution in [0.15, 0.2) is 4.52 Å². The molecule has 0 saturated carbocycles. The van der Waals surface area contributed by atoms with E-state index in [1.54, 1.807) is 0 Å². The van der Waals surface area contributed by atoms with Gasteiger partial charge in [-0.15, -0.1) is 0 Å². The molecule has 0 atom stereocenters. The number of nitrogens with zero attached hydrogens (tertiary/aromatic N) is 1. The van der Waals surface area contributed by atoms with E-state index in [4.69, 9.17) is 4.52 Å². The number of aromatic nitrogens is 1. The van der Waals surface area contributed by atoms with Crippen LogP contribution in [-0.2, 0) is 5.41 Å². The molecule has 0 fully saturated rings. The van der Waals surface area contributed by atoms with Gasteiger partial charge in [-0.1, -0.05) is 39.8 Å². The average molecular weight is 181 g/mol. The molecule has 1 aromatic heterocycles. The molecule has 0 bridgehead atoms. The van der Waals surface area contributed by atoms with Gasteiger partial charge in [0.15, 0.2) is 0 Å². The van der Waals surface area contributed by atoms with Gasteiger partial charge < -0.3 is 4.52 Å². The highest BCUT2D eigenvalue weighted by molar-refractivity contribution is 5.28. The highest BCUT2D eigenvalue weighted by Crippen LogP contribution is 2.29. The predicted octanol–water partition coefficient (Wildman–Crippen LogP) is 3.40. The van der Waals surface area contributed by atoms with Gasteiger partial charge >= 0.3 is 0 Å². The van der Waals surface area contributed by atoms with Gasteiger partial charge in [0.1, 0.15) is 5.76 Å². The Morgan fingerprint density at radius 1 is 1.23 bits per heavy atom. The Kier molecular flexibility index (Phi) is 2.51. The summed E-state index contributed by atoms with van der Waals surface area (Å²) in [5.74, 6) is 1.44. The van der Waals surface area contributed by atoms with Crippen molar-refractivity contribution in [2.24, 2.45) is 0 Å². The lowest BCUT2D eigenvalue weighted by Gasteiger charge is -2.15. The van der Waals surface area contributed by atoms with E-state index in [0.29, 0.717) is 5.92 Å². The molecule has 1 aromatic rings. The maximum absolute atomic E-state index is 5.33. The van der Waals surface area contributed by atoms with Crippen LogP contribution in [0.2, 0.25) is 0 Å². The van der Waals surface area contributed by atoms with Crippen molar-refractivity contribution in [1.82, 2.24) is 5.16 Å². The zero-order valence-corrected chi connectivity index (χ0v) is 9.43. The van der Waals surface area contributed by atoms with Gasteiger partial charge in [0.05, 0.1) is 5.69 Å². The Morgan fingerprint density at radius 2 is 1.77 bits per heavy atom. The van der Waals surface area contributed by atoms with Crippen molar-refractivity contribution in [2.45, 2.75) is 52.9 Å². The lowest BCUT2D eigenvalue weighted by Crippen LogP contribution is -2.13. The first-order chi connectivity index (χ1) is 5.84. The van der Waals surface area contributed by atoms with E-state index in [2.05, 4.69) is 46.7 Å². The van der Waals surface area contributed by atoms with Gasteiger partial charge in [-0.2, -0.15) is 0 Å². The van der Waals surface area contributed by atoms with E-state index < -0.39 is 0 Å². The standard InChI is InChI=1S/C11H19NO/c1-7(2)9-8(3)10(12-13-9)11(4,5)6/h7H,1-6H3. The van der Waals surface area contributed by atoms with Crippen molar-refractivity contribution in [3.8, 4) is 0 Å². The minimum Gasteiger partial charge on any atom is -0.361 e. The maximum atomic E-state index is 5.33. The van der Waals surface area contributed by atoms with Crippen molar-refractivity contribution < 1.29 is 4.52 Å². The summed E-state index contributed by atoms with van der Waals surface area (Å²) < 4.78 is 5.33. The average Bonchev–Trinajstić information content (AvgIpc) is 2.28. The molecule has 74 valence electrons. The Hall–Kier alpha value is -0.790. The fourth-order valence-electron chi connectivity index (χ4n) is 1.59. The molecular weight excluding hydrogens is 162 g/mol. The Morgan fingerprint density at radius 3 is 2.00 bits per heavy atom. The van der Waals surface area contributed by atoms with Gasteiger partial charge in [0, 0.05) is 16.9 Å². The highest BCUT2D eigenvalue weighted by Gasteiger charge is 2.24. The monoisotopic (exact) mass is 181 g/mol. The Labute approximate surface area is 80.3 Å². The van der Waals surface area contributed by atoms with Gasteiger partial charge in [-0.3, -0.25) is 0 Å². The summed E-state index contributed by atoms with van der Waals surface area (Å²) in [4.78, 5) is 0. The van der Waals surface area contributed by atoms with Crippen LogP contribution in [-0.4, -0.2) is 5.16 Å². The molecule has 2 heteroatoms. The van der Waals surface area contributed by atoms with Crippen molar-refractivity contribution in [3.05, 3.63) is 17.0 Å². The quantitative estimate of drug-likeness (QED) is 0.663. The summed E-state index contributed by atoms with van der Waals surface area (Å²) >= 11 is 0. The van der Waals surface area contributed by atoms with E-state index >= 15 is 0 Å². The summed E-state index contributed by atoms with van der Waals surface area (Å²) in [7, 11) is 0. The van der Waals surface area contributed by atoms with Crippen LogP contribution < -0.4 is 0 Å². The molecule has 13 heavy (non-hydrogen) atoms. The smallest absolute Gasteiger partial charge is 0.142 e. The summed E-state index contributed by atoms with van der Waals surface area (Å²) in [5.41, 5.74) is 2.37. The van der Waals surface area contributed by atoms with E-state index in [1.165, 1.54) is 5.56 Å². The second-order valence-electron chi connectivity index (χ2n) is 4.93. The summed E-state index contributed by atoms with van der Waals surface area (Å²) in [5, 5.41) is 4.13. The summed E-state index contributed by atoms with van der Waals surface area (Å²) in [6.45, 7) is 12.8. The van der Waals surface area contributed by atoms with Gasteiger partial charge in [-0.25, -0.2) is 0 Å². The highest BCUT2D eigenvalue weighted by atomic mass is 16.5. The lowest BCUT2D eigenvalue weighted by atomic mass is 9.88. The van der Waals surface area contributed by atoms with Crippen LogP contribution >= 0.6 is 0 Å². The molecule has 0 saturated heterocycles. The van der Waals surface area contributed by atoms with E-state index in [-0.39, 0.29) is 5.41 Å². The van der Waals surface area contributed by atoms with Crippen molar-refractivity contribution >= 4 is 0 Å². The van der Waals surface area contributed by atoms with Gasteiger partial charge in [0.2, 0.25) is 0 Å². The predicted molar refractivity (Wildman–Crippen MR) is 54.0 cm³/mol. The number of hydrogen-bond donors (Lipinski definition) is 0. The van der Waals surface area contributed by atoms with Crippen LogP contribution in [0.1, 0.15) is 57.6 Å². The summed E-state index contributed by atoms with van der Waals surface area (Å²) in [6, 6.07) is 0. The molecule has 0 amide bonds. The van der Waals surface area contributed by atoms with Crippen molar-refractivity contribution in [3.63, 3.8) is 0 Å². The molecule has 0 aliphatic rings. The fraction of sp³-hybridized carbons (Fsp3) is 0.727. The van der Waals surface area contributed by atoms with Crippen LogP contribution in [0.25, 0.3) is 0 Å². The van der Waals surface area contributed by atoms with Crippen molar-refractivity contribution in [1.29, 1.82) is 0 Å². The van der Waals surface area contributed by atoms with Gasteiger partial charge in [-0.05, 0) is 6.92 Å². The normalized spacial score (nSPS) is 12.5. The molecular formula is C11H19NO. The second kappa shape index (κ2) is 3.17. The third-order valence-corrected chi connectivity index (χ3v) is 2.19. The molecule has 0 aliphatic heterocycles. The van der Waals surface area contributed by atoms with Crippen LogP contribution in [0.5, 0.6) is 0 Å². The third-order valence-electron chi connectivity index (χ3n) is 2.19. The maximum Gasteiger partial charge on any atom is 0.142 e. The molecule has 0 radical (unpaired) electrons. The first-order valence-corrected chi connectivity index (χ1v) is 4.80. The first-order valence-electron chi connectivity index (χ1n) is 4.80. The first kappa shape index (κ1) is 10.3.